The first kappa shape index (κ1) is 29.8. The van der Waals surface area contributed by atoms with Gasteiger partial charge in [0.15, 0.2) is 11.4 Å². The highest BCUT2D eigenvalue weighted by atomic mass is 16.3. The number of aliphatic hydroxyl groups excluding tert-OH is 2. The van der Waals surface area contributed by atoms with Crippen LogP contribution in [-0.4, -0.2) is 88.5 Å². The standard InChI is InChI=1S/C31H34N4O8/c1-13(36)33-16-8-6-7-14(9-16)17-12-20(34(2)3)18-10-15-11-19-24(35(4)5)27(39)23(30(32)42)29(41)31(19,43)28(40)21(15)26(38)22(18)25(17)37/h6-9,12,15,19,24,37,39-40,43H,10-11H2,1-5H3,(H2,32,42)(H,33,36)/t15-,19-,24-,31-/m1/s1. The quantitative estimate of drug-likeness (QED) is 0.280. The van der Waals surface area contributed by atoms with Gasteiger partial charge in [0.05, 0.1) is 11.6 Å². The van der Waals surface area contributed by atoms with Gasteiger partial charge in [-0.15, -0.1) is 0 Å². The van der Waals surface area contributed by atoms with E-state index >= 15 is 0 Å². The monoisotopic (exact) mass is 590 g/mol. The zero-order chi connectivity index (χ0) is 31.7. The molecule has 43 heavy (non-hydrogen) atoms. The van der Waals surface area contributed by atoms with Crippen molar-refractivity contribution >= 4 is 34.8 Å². The molecule has 0 saturated heterocycles. The van der Waals surface area contributed by atoms with Gasteiger partial charge in [0.1, 0.15) is 22.8 Å². The number of rotatable bonds is 5. The minimum absolute atomic E-state index is 0.0000944. The van der Waals surface area contributed by atoms with Gasteiger partial charge in [-0.05, 0) is 62.2 Å². The van der Waals surface area contributed by atoms with E-state index in [-0.39, 0.29) is 35.6 Å². The molecule has 12 heteroatoms. The molecular formula is C31H34N4O8. The second kappa shape index (κ2) is 10.2. The Labute approximate surface area is 247 Å². The van der Waals surface area contributed by atoms with Crippen molar-refractivity contribution in [2.45, 2.75) is 31.4 Å². The number of allylic oxidation sites excluding steroid dienone is 1. The minimum atomic E-state index is -2.71. The molecule has 2 aromatic rings. The van der Waals surface area contributed by atoms with Crippen LogP contribution in [0.1, 0.15) is 29.3 Å². The number of anilines is 2. The first-order valence-electron chi connectivity index (χ1n) is 13.7. The number of nitrogens with zero attached hydrogens (tertiary/aromatic N) is 2. The lowest BCUT2D eigenvalue weighted by molar-refractivity contribution is -0.148. The number of primary amides is 1. The molecule has 0 radical (unpaired) electrons. The lowest BCUT2D eigenvalue weighted by atomic mass is 9.58. The molecule has 3 aliphatic rings. The molecule has 0 heterocycles. The number of ketones is 2. The van der Waals surface area contributed by atoms with Gasteiger partial charge in [0.25, 0.3) is 5.91 Å². The number of hydrogen-bond acceptors (Lipinski definition) is 10. The number of fused-ring (bicyclic) bond motifs is 3. The first-order chi connectivity index (χ1) is 20.1. The van der Waals surface area contributed by atoms with Crippen LogP contribution in [0.15, 0.2) is 53.0 Å². The second-order valence-electron chi connectivity index (χ2n) is 11.8. The Morgan fingerprint density at radius 3 is 2.33 bits per heavy atom. The third-order valence-electron chi connectivity index (χ3n) is 8.67. The zero-order valence-electron chi connectivity index (χ0n) is 24.4. The molecule has 0 bridgehead atoms. The fourth-order valence-electron chi connectivity index (χ4n) is 6.89. The average molecular weight is 591 g/mol. The Kier molecular flexibility index (Phi) is 7.10. The van der Waals surface area contributed by atoms with Crippen LogP contribution in [0.2, 0.25) is 0 Å². The molecule has 4 atom stereocenters. The molecule has 0 saturated carbocycles. The van der Waals surface area contributed by atoms with Gasteiger partial charge in [0.2, 0.25) is 11.7 Å². The maximum atomic E-state index is 14.2. The molecule has 7 N–H and O–H groups in total. The molecule has 3 aliphatic carbocycles. The normalized spacial score (nSPS) is 24.9. The van der Waals surface area contributed by atoms with E-state index in [0.29, 0.717) is 28.1 Å². The number of Topliss-reactive ketones (excluding diaryl/α,β-unsaturated/α-hetero) is 2. The summed E-state index contributed by atoms with van der Waals surface area (Å²) in [5, 5.41) is 48.6. The Morgan fingerprint density at radius 1 is 1.07 bits per heavy atom. The van der Waals surface area contributed by atoms with Crippen molar-refractivity contribution in [2.75, 3.05) is 38.4 Å². The van der Waals surface area contributed by atoms with Crippen molar-refractivity contribution in [3.8, 4) is 16.9 Å². The van der Waals surface area contributed by atoms with E-state index in [1.807, 2.05) is 0 Å². The number of carbonyl (C=O) groups excluding carboxylic acids is 4. The van der Waals surface area contributed by atoms with Gasteiger partial charge >= 0.3 is 0 Å². The Hall–Kier alpha value is -4.68. The summed E-state index contributed by atoms with van der Waals surface area (Å²) < 4.78 is 0. The average Bonchev–Trinajstić information content (AvgIpc) is 2.90. The van der Waals surface area contributed by atoms with Gasteiger partial charge in [-0.1, -0.05) is 12.1 Å². The van der Waals surface area contributed by atoms with Gasteiger partial charge in [-0.25, -0.2) is 0 Å². The minimum Gasteiger partial charge on any atom is -0.510 e. The van der Waals surface area contributed by atoms with E-state index < -0.39 is 58.0 Å². The van der Waals surface area contributed by atoms with Gasteiger partial charge in [-0.2, -0.15) is 0 Å². The molecule has 2 amide bonds. The molecule has 0 unspecified atom stereocenters. The lowest BCUT2D eigenvalue weighted by Gasteiger charge is -2.50. The maximum absolute atomic E-state index is 14.2. The van der Waals surface area contributed by atoms with Crippen LogP contribution >= 0.6 is 0 Å². The summed E-state index contributed by atoms with van der Waals surface area (Å²) in [6.45, 7) is 1.37. The third-order valence-corrected chi connectivity index (χ3v) is 8.67. The maximum Gasteiger partial charge on any atom is 0.255 e. The van der Waals surface area contributed by atoms with Gasteiger partial charge in [0, 0.05) is 49.4 Å². The molecule has 5 rings (SSSR count). The summed E-state index contributed by atoms with van der Waals surface area (Å²) in [5.41, 5.74) is 3.93. The van der Waals surface area contributed by atoms with Crippen LogP contribution in [0.3, 0.4) is 0 Å². The SMILES string of the molecule is CC(=O)Nc1cccc(-c2cc(N(C)C)c3c(c2O)C(=O)C2=C(O)[C@@]4(O)C(=O)C(C(N)=O)=C(O)[C@H](N(C)C)[C@H]4C[C@H]2C3)c1. The van der Waals surface area contributed by atoms with E-state index in [2.05, 4.69) is 5.32 Å². The largest absolute Gasteiger partial charge is 0.510 e. The first-order valence-corrected chi connectivity index (χ1v) is 13.7. The lowest BCUT2D eigenvalue weighted by Crippen LogP contribution is -2.63. The number of hydrogen-bond donors (Lipinski definition) is 6. The summed E-state index contributed by atoms with van der Waals surface area (Å²) in [5.74, 6) is -7.31. The Bertz CT molecular complexity index is 1670. The summed E-state index contributed by atoms with van der Waals surface area (Å²) in [4.78, 5) is 54.9. The number of nitrogens with one attached hydrogen (secondary N) is 1. The number of phenolic OH excluding ortho intramolecular Hbond substituents is 1. The van der Waals surface area contributed by atoms with Crippen LogP contribution in [0.4, 0.5) is 11.4 Å². The van der Waals surface area contributed by atoms with E-state index in [9.17, 15) is 39.6 Å². The number of aliphatic hydroxyl groups is 3. The van der Waals surface area contributed by atoms with E-state index in [0.717, 1.165) is 0 Å². The predicted molar refractivity (Wildman–Crippen MR) is 158 cm³/mol. The van der Waals surface area contributed by atoms with Crippen LogP contribution in [0, 0.1) is 11.8 Å². The van der Waals surface area contributed by atoms with Crippen LogP contribution in [0.5, 0.6) is 5.75 Å². The highest BCUT2D eigenvalue weighted by molar-refractivity contribution is 6.25. The number of benzene rings is 2. The third kappa shape index (κ3) is 4.36. The van der Waals surface area contributed by atoms with E-state index in [1.165, 1.54) is 11.8 Å². The number of aromatic hydroxyl groups is 1. The number of carbonyl (C=O) groups is 4. The fraction of sp³-hybridized carbons (Fsp3) is 0.355. The molecule has 226 valence electrons. The van der Waals surface area contributed by atoms with Crippen molar-refractivity contribution in [2.24, 2.45) is 17.6 Å². The molecule has 0 spiro atoms. The Morgan fingerprint density at radius 2 is 1.74 bits per heavy atom. The van der Waals surface area contributed by atoms with Crippen molar-refractivity contribution in [1.82, 2.24) is 4.90 Å². The van der Waals surface area contributed by atoms with Crippen molar-refractivity contribution in [1.29, 1.82) is 0 Å². The highest BCUT2D eigenvalue weighted by Gasteiger charge is 2.63. The van der Waals surface area contributed by atoms with Crippen molar-refractivity contribution < 1.29 is 39.6 Å². The summed E-state index contributed by atoms with van der Waals surface area (Å²) in [6, 6.07) is 7.40. The fourth-order valence-corrected chi connectivity index (χ4v) is 6.89. The molecule has 0 aliphatic heterocycles. The molecule has 12 nitrogen and oxygen atoms in total. The topological polar surface area (TPSA) is 194 Å². The van der Waals surface area contributed by atoms with Crippen LogP contribution in [0.25, 0.3) is 11.1 Å². The Balaban J connectivity index is 1.73. The predicted octanol–water partition coefficient (Wildman–Crippen LogP) is 1.81. The van der Waals surface area contributed by atoms with Gasteiger partial charge in [-0.3, -0.25) is 24.1 Å². The summed E-state index contributed by atoms with van der Waals surface area (Å²) in [6.07, 6.45) is 0.168. The molecule has 0 fully saturated rings. The highest BCUT2D eigenvalue weighted by Crippen LogP contribution is 2.54. The number of amides is 2. The van der Waals surface area contributed by atoms with Crippen LogP contribution < -0.4 is 16.0 Å². The second-order valence-corrected chi connectivity index (χ2v) is 11.8. The molecule has 2 aromatic carbocycles. The van der Waals surface area contributed by atoms with E-state index in [1.54, 1.807) is 63.4 Å². The number of phenols is 1. The molecular weight excluding hydrogens is 556 g/mol. The van der Waals surface area contributed by atoms with Crippen molar-refractivity contribution in [3.63, 3.8) is 0 Å². The molecule has 0 aromatic heterocycles. The summed E-state index contributed by atoms with van der Waals surface area (Å²) >= 11 is 0. The summed E-state index contributed by atoms with van der Waals surface area (Å²) in [7, 11) is 6.73. The van der Waals surface area contributed by atoms with Crippen LogP contribution in [-0.2, 0) is 20.8 Å². The van der Waals surface area contributed by atoms with Crippen molar-refractivity contribution in [3.05, 3.63) is 64.1 Å². The van der Waals surface area contributed by atoms with E-state index in [4.69, 9.17) is 5.73 Å². The zero-order valence-corrected chi connectivity index (χ0v) is 24.4. The number of likely N-dealkylation sites (N-methyl/N-ethyl adjacent to an activating group) is 1. The smallest absolute Gasteiger partial charge is 0.255 e. The number of nitrogens with two attached hydrogens (primary N) is 1. The van der Waals surface area contributed by atoms with Gasteiger partial charge < -0.3 is 36.4 Å².